The average molecular weight is 402 g/mol. The Labute approximate surface area is 164 Å². The minimum atomic E-state index is -0.699. The van der Waals surface area contributed by atoms with Crippen LogP contribution in [0.15, 0.2) is 23.6 Å². The summed E-state index contributed by atoms with van der Waals surface area (Å²) in [6.07, 6.45) is 1.35. The van der Waals surface area contributed by atoms with E-state index in [2.05, 4.69) is 20.9 Å². The third-order valence-corrected chi connectivity index (χ3v) is 5.19. The zero-order chi connectivity index (χ0) is 19.5. The maximum atomic E-state index is 12.2. The zero-order valence-electron chi connectivity index (χ0n) is 14.8. The molecule has 9 nitrogen and oxygen atoms in total. The van der Waals surface area contributed by atoms with Crippen molar-refractivity contribution >= 4 is 39.9 Å². The third-order valence-electron chi connectivity index (χ3n) is 4.38. The number of hydrogen-bond donors (Lipinski definition) is 3. The molecule has 1 saturated heterocycles. The van der Waals surface area contributed by atoms with Crippen LogP contribution in [0.25, 0.3) is 0 Å². The van der Waals surface area contributed by atoms with E-state index >= 15 is 0 Å². The van der Waals surface area contributed by atoms with Crippen molar-refractivity contribution in [2.75, 3.05) is 24.0 Å². The smallest absolute Gasteiger partial charge is 0.238 e. The topological polar surface area (TPSA) is 119 Å². The number of nitrogens with zero attached hydrogens (tertiary/aromatic N) is 1. The Hall–Kier alpha value is -3.14. The number of piperidine rings is 1. The fraction of sp³-hybridized carbons (Fsp3) is 0.333. The van der Waals surface area contributed by atoms with Gasteiger partial charge < -0.3 is 25.4 Å². The van der Waals surface area contributed by atoms with Crippen molar-refractivity contribution in [3.05, 3.63) is 29.3 Å². The normalized spacial score (nSPS) is 17.7. The van der Waals surface area contributed by atoms with Gasteiger partial charge in [-0.3, -0.25) is 14.4 Å². The number of aromatic nitrogens is 1. The van der Waals surface area contributed by atoms with Crippen molar-refractivity contribution in [1.82, 2.24) is 10.3 Å². The van der Waals surface area contributed by atoms with Gasteiger partial charge in [0, 0.05) is 23.7 Å². The number of fused-ring (bicyclic) bond motifs is 1. The molecule has 4 rings (SSSR count). The van der Waals surface area contributed by atoms with Crippen LogP contribution in [0.5, 0.6) is 11.5 Å². The van der Waals surface area contributed by atoms with Crippen LogP contribution in [-0.4, -0.2) is 36.0 Å². The number of benzene rings is 1. The van der Waals surface area contributed by atoms with Crippen molar-refractivity contribution in [2.45, 2.75) is 19.3 Å². The maximum Gasteiger partial charge on any atom is 0.238 e. The van der Waals surface area contributed by atoms with Crippen LogP contribution >= 0.6 is 11.3 Å². The van der Waals surface area contributed by atoms with Gasteiger partial charge in [0.05, 0.1) is 12.1 Å². The third kappa shape index (κ3) is 4.06. The second kappa shape index (κ2) is 7.85. The van der Waals surface area contributed by atoms with Crippen molar-refractivity contribution < 1.29 is 23.9 Å². The maximum absolute atomic E-state index is 12.2. The van der Waals surface area contributed by atoms with Crippen molar-refractivity contribution in [1.29, 1.82) is 0 Å². The monoisotopic (exact) mass is 402 g/mol. The molecule has 0 bridgehead atoms. The molecule has 3 N–H and O–H groups in total. The highest BCUT2D eigenvalue weighted by Crippen LogP contribution is 2.34. The lowest BCUT2D eigenvalue weighted by Gasteiger charge is -2.20. The summed E-state index contributed by atoms with van der Waals surface area (Å²) in [6.45, 7) is 0.769. The number of anilines is 2. The van der Waals surface area contributed by atoms with E-state index in [1.165, 1.54) is 11.3 Å². The second-order valence-corrected chi connectivity index (χ2v) is 7.27. The number of rotatable bonds is 5. The minimum Gasteiger partial charge on any atom is -0.454 e. The van der Waals surface area contributed by atoms with Gasteiger partial charge in [0.2, 0.25) is 24.5 Å². The molecular weight excluding hydrogens is 384 g/mol. The largest absolute Gasteiger partial charge is 0.454 e. The van der Waals surface area contributed by atoms with Crippen LogP contribution in [0.2, 0.25) is 0 Å². The Kier molecular flexibility index (Phi) is 5.11. The number of nitrogens with one attached hydrogen (secondary N) is 3. The predicted molar refractivity (Wildman–Crippen MR) is 101 cm³/mol. The molecule has 28 heavy (non-hydrogen) atoms. The van der Waals surface area contributed by atoms with Crippen LogP contribution < -0.4 is 25.4 Å². The van der Waals surface area contributed by atoms with Crippen LogP contribution in [0, 0.1) is 5.92 Å². The SMILES string of the molecule is O=C(Cc1csc(NC(=O)C2CCCNC2=O)n1)Nc1ccc2c(c1)OCO2. The molecule has 1 aromatic carbocycles. The van der Waals surface area contributed by atoms with E-state index in [4.69, 9.17) is 9.47 Å². The van der Waals surface area contributed by atoms with Crippen LogP contribution in [-0.2, 0) is 20.8 Å². The van der Waals surface area contributed by atoms with E-state index in [0.717, 1.165) is 6.42 Å². The Morgan fingerprint density at radius 2 is 2.11 bits per heavy atom. The average Bonchev–Trinajstić information content (AvgIpc) is 3.30. The standard InChI is InChI=1S/C18H18N4O5S/c23-15(20-10-3-4-13-14(6-10)27-9-26-13)7-11-8-28-18(21-11)22-17(25)12-2-1-5-19-16(12)24/h3-4,6,8,12H,1-2,5,7,9H2,(H,19,24)(H,20,23)(H,21,22,25). The number of carbonyl (C=O) groups excluding carboxylic acids is 3. The quantitative estimate of drug-likeness (QED) is 0.653. The lowest BCUT2D eigenvalue weighted by Crippen LogP contribution is -2.42. The first-order valence-corrected chi connectivity index (χ1v) is 9.69. The molecule has 3 amide bonds. The van der Waals surface area contributed by atoms with Gasteiger partial charge in [-0.1, -0.05) is 0 Å². The Morgan fingerprint density at radius 1 is 1.25 bits per heavy atom. The van der Waals surface area contributed by atoms with Gasteiger partial charge in [-0.2, -0.15) is 0 Å². The second-order valence-electron chi connectivity index (χ2n) is 6.41. The number of ether oxygens (including phenoxy) is 2. The van der Waals surface area contributed by atoms with Crippen molar-refractivity contribution in [3.63, 3.8) is 0 Å². The van der Waals surface area contributed by atoms with Gasteiger partial charge in [0.15, 0.2) is 16.6 Å². The fourth-order valence-corrected chi connectivity index (χ4v) is 3.72. The molecule has 0 saturated carbocycles. The van der Waals surface area contributed by atoms with E-state index in [1.807, 2.05) is 0 Å². The van der Waals surface area contributed by atoms with Crippen LogP contribution in [0.4, 0.5) is 10.8 Å². The lowest BCUT2D eigenvalue weighted by atomic mass is 9.98. The van der Waals surface area contributed by atoms with E-state index in [1.54, 1.807) is 23.6 Å². The number of thiazole rings is 1. The van der Waals surface area contributed by atoms with Gasteiger partial charge in [-0.05, 0) is 25.0 Å². The van der Waals surface area contributed by atoms with E-state index in [-0.39, 0.29) is 30.9 Å². The first-order valence-electron chi connectivity index (χ1n) is 8.81. The van der Waals surface area contributed by atoms with Gasteiger partial charge in [-0.15, -0.1) is 11.3 Å². The zero-order valence-corrected chi connectivity index (χ0v) is 15.6. The molecular formula is C18H18N4O5S. The molecule has 0 spiro atoms. The molecule has 1 aromatic heterocycles. The van der Waals surface area contributed by atoms with E-state index in [0.29, 0.717) is 41.0 Å². The summed E-state index contributed by atoms with van der Waals surface area (Å²) in [7, 11) is 0. The summed E-state index contributed by atoms with van der Waals surface area (Å²) in [4.78, 5) is 40.5. The molecule has 2 aliphatic rings. The molecule has 10 heteroatoms. The summed E-state index contributed by atoms with van der Waals surface area (Å²) in [5.41, 5.74) is 1.13. The summed E-state index contributed by atoms with van der Waals surface area (Å²) in [6, 6.07) is 5.16. The molecule has 0 radical (unpaired) electrons. The Bertz CT molecular complexity index is 928. The van der Waals surface area contributed by atoms with Gasteiger partial charge >= 0.3 is 0 Å². The molecule has 0 aliphatic carbocycles. The number of carbonyl (C=O) groups is 3. The van der Waals surface area contributed by atoms with Gasteiger partial charge in [-0.25, -0.2) is 4.98 Å². The molecule has 2 aliphatic heterocycles. The van der Waals surface area contributed by atoms with Crippen molar-refractivity contribution in [2.24, 2.45) is 5.92 Å². The van der Waals surface area contributed by atoms with Crippen LogP contribution in [0.1, 0.15) is 18.5 Å². The van der Waals surface area contributed by atoms with Crippen LogP contribution in [0.3, 0.4) is 0 Å². The number of hydrogen-bond acceptors (Lipinski definition) is 7. The summed E-state index contributed by atoms with van der Waals surface area (Å²) in [5.74, 6) is -0.344. The highest BCUT2D eigenvalue weighted by Gasteiger charge is 2.29. The molecule has 1 fully saturated rings. The highest BCUT2D eigenvalue weighted by molar-refractivity contribution is 7.14. The van der Waals surface area contributed by atoms with E-state index < -0.39 is 5.92 Å². The first kappa shape index (κ1) is 18.2. The molecule has 2 aromatic rings. The lowest BCUT2D eigenvalue weighted by molar-refractivity contribution is -0.134. The number of amides is 3. The summed E-state index contributed by atoms with van der Waals surface area (Å²) in [5, 5.41) is 10.2. The molecule has 146 valence electrons. The predicted octanol–water partition coefficient (Wildman–Crippen LogP) is 1.52. The van der Waals surface area contributed by atoms with Gasteiger partial charge in [0.1, 0.15) is 5.92 Å². The van der Waals surface area contributed by atoms with Gasteiger partial charge in [0.25, 0.3) is 0 Å². The van der Waals surface area contributed by atoms with Crippen molar-refractivity contribution in [3.8, 4) is 11.5 Å². The Morgan fingerprint density at radius 3 is 2.96 bits per heavy atom. The minimum absolute atomic E-state index is 0.0602. The first-order chi connectivity index (χ1) is 13.6. The molecule has 1 unspecified atom stereocenters. The molecule has 3 heterocycles. The Balaban J connectivity index is 1.32. The van der Waals surface area contributed by atoms with E-state index in [9.17, 15) is 14.4 Å². The summed E-state index contributed by atoms with van der Waals surface area (Å²) < 4.78 is 10.5. The highest BCUT2D eigenvalue weighted by atomic mass is 32.1. The molecule has 1 atom stereocenters. The summed E-state index contributed by atoms with van der Waals surface area (Å²) >= 11 is 1.22. The fourth-order valence-electron chi connectivity index (χ4n) is 3.00.